The molecule has 0 aliphatic carbocycles. The molecule has 0 bridgehead atoms. The minimum atomic E-state index is -0.861. The zero-order chi connectivity index (χ0) is 27.5. The summed E-state index contributed by atoms with van der Waals surface area (Å²) in [4.78, 5) is 54.0. The summed E-state index contributed by atoms with van der Waals surface area (Å²) in [7, 11) is 0. The largest absolute Gasteiger partial charge is 0.323 e. The molecule has 0 fully saturated rings. The van der Waals surface area contributed by atoms with E-state index < -0.39 is 11.9 Å². The second kappa shape index (κ2) is 11.2. The maximum atomic E-state index is 13.7. The first-order valence-corrected chi connectivity index (χ1v) is 12.7. The molecule has 2 aromatic heterocycles. The number of amides is 3. The third-order valence-electron chi connectivity index (χ3n) is 6.19. The second-order valence-electron chi connectivity index (χ2n) is 8.96. The van der Waals surface area contributed by atoms with Crippen molar-refractivity contribution in [2.45, 2.75) is 25.9 Å². The molecule has 1 unspecified atom stereocenters. The van der Waals surface area contributed by atoms with Gasteiger partial charge in [0.2, 0.25) is 5.91 Å². The van der Waals surface area contributed by atoms with Crippen LogP contribution in [0, 0.1) is 6.92 Å². The number of benzene rings is 2. The third-order valence-corrected chi connectivity index (χ3v) is 6.74. The molecule has 0 spiro atoms. The second-order valence-corrected chi connectivity index (χ2v) is 9.81. The van der Waals surface area contributed by atoms with E-state index in [1.165, 1.54) is 11.1 Å². The number of hydrogen-bond donors (Lipinski definition) is 2. The molecule has 1 aliphatic rings. The molecule has 0 saturated carbocycles. The van der Waals surface area contributed by atoms with Gasteiger partial charge in [-0.3, -0.25) is 24.4 Å². The first-order chi connectivity index (χ1) is 18.8. The average molecular weight is 561 g/mol. The van der Waals surface area contributed by atoms with Gasteiger partial charge in [-0.25, -0.2) is 4.98 Å². The molecule has 39 heavy (non-hydrogen) atoms. The molecule has 0 saturated heterocycles. The number of carbonyl (C=O) groups excluding carboxylic acids is 3. The summed E-state index contributed by atoms with van der Waals surface area (Å²) in [5, 5.41) is 6.09. The molecule has 1 atom stereocenters. The number of halogens is 2. The highest BCUT2D eigenvalue weighted by molar-refractivity contribution is 6.34. The van der Waals surface area contributed by atoms with Gasteiger partial charge < -0.3 is 15.5 Å². The summed E-state index contributed by atoms with van der Waals surface area (Å²) in [5.74, 6) is -0.870. The maximum absolute atomic E-state index is 13.7. The Morgan fingerprint density at radius 3 is 2.59 bits per heavy atom. The molecule has 196 valence electrons. The number of aryl methyl sites for hydroxylation is 1. The zero-order valence-electron chi connectivity index (χ0n) is 20.7. The Bertz CT molecular complexity index is 1560. The van der Waals surface area contributed by atoms with E-state index >= 15 is 0 Å². The van der Waals surface area contributed by atoms with Crippen molar-refractivity contribution in [3.8, 4) is 0 Å². The van der Waals surface area contributed by atoms with E-state index in [1.807, 2.05) is 6.07 Å². The predicted octanol–water partition coefficient (Wildman–Crippen LogP) is 4.94. The Hall–Kier alpha value is -4.34. The SMILES string of the molecule is Cc1cnc(NC(=O)c2ccc(CN3C(=O)c4ccc(Cl)cc4NC(=O)C3Cc3ccccn3)cc2Cl)cn1. The smallest absolute Gasteiger partial charge is 0.258 e. The number of anilines is 2. The van der Waals surface area contributed by atoms with Crippen molar-refractivity contribution < 1.29 is 14.4 Å². The summed E-state index contributed by atoms with van der Waals surface area (Å²) < 4.78 is 0. The fourth-order valence-corrected chi connectivity index (χ4v) is 4.70. The normalized spacial score (nSPS) is 14.8. The van der Waals surface area contributed by atoms with E-state index in [1.54, 1.807) is 67.8 Å². The number of nitrogens with zero attached hydrogens (tertiary/aromatic N) is 4. The lowest BCUT2D eigenvalue weighted by Crippen LogP contribution is -2.46. The topological polar surface area (TPSA) is 117 Å². The van der Waals surface area contributed by atoms with Gasteiger partial charge in [0.1, 0.15) is 6.04 Å². The Morgan fingerprint density at radius 1 is 1.03 bits per heavy atom. The number of fused-ring (bicyclic) bond motifs is 1. The summed E-state index contributed by atoms with van der Waals surface area (Å²) in [6.07, 6.45) is 4.84. The number of aromatic nitrogens is 3. The minimum absolute atomic E-state index is 0.0663. The minimum Gasteiger partial charge on any atom is -0.323 e. The number of rotatable bonds is 6. The van der Waals surface area contributed by atoms with Crippen molar-refractivity contribution in [2.24, 2.45) is 0 Å². The van der Waals surface area contributed by atoms with E-state index in [0.717, 1.165) is 5.69 Å². The van der Waals surface area contributed by atoms with Crippen LogP contribution in [0.25, 0.3) is 0 Å². The third kappa shape index (κ3) is 5.89. The van der Waals surface area contributed by atoms with E-state index in [0.29, 0.717) is 33.3 Å². The van der Waals surface area contributed by atoms with Crippen LogP contribution in [0.5, 0.6) is 0 Å². The summed E-state index contributed by atoms with van der Waals surface area (Å²) in [6, 6.07) is 14.1. The molecule has 3 amide bonds. The molecule has 2 aromatic carbocycles. The number of nitrogens with one attached hydrogen (secondary N) is 2. The number of carbonyl (C=O) groups is 3. The molecule has 5 rings (SSSR count). The van der Waals surface area contributed by atoms with Crippen molar-refractivity contribution in [3.05, 3.63) is 111 Å². The Morgan fingerprint density at radius 2 is 1.87 bits per heavy atom. The monoisotopic (exact) mass is 560 g/mol. The van der Waals surface area contributed by atoms with E-state index in [2.05, 4.69) is 25.6 Å². The van der Waals surface area contributed by atoms with Crippen LogP contribution >= 0.6 is 23.2 Å². The van der Waals surface area contributed by atoms with Crippen LogP contribution in [0.4, 0.5) is 11.5 Å². The number of pyridine rings is 1. The van der Waals surface area contributed by atoms with Crippen LogP contribution < -0.4 is 10.6 Å². The van der Waals surface area contributed by atoms with Crippen molar-refractivity contribution in [3.63, 3.8) is 0 Å². The van der Waals surface area contributed by atoms with Gasteiger partial charge in [-0.15, -0.1) is 0 Å². The van der Waals surface area contributed by atoms with Crippen LogP contribution in [-0.4, -0.2) is 43.6 Å². The lowest BCUT2D eigenvalue weighted by molar-refractivity contribution is -0.120. The fourth-order valence-electron chi connectivity index (χ4n) is 4.24. The molecule has 1 aliphatic heterocycles. The van der Waals surface area contributed by atoms with Gasteiger partial charge in [0, 0.05) is 29.9 Å². The molecule has 0 radical (unpaired) electrons. The standard InChI is InChI=1S/C28H22Cl2N6O3/c1-16-13-33-25(14-32-16)35-26(37)20-7-5-17(10-22(20)30)15-36-24(12-19-4-2-3-9-31-19)27(38)34-23-11-18(29)6-8-21(23)28(36)39/h2-11,13-14,24H,12,15H2,1H3,(H,34,38)(H,33,35,37). The zero-order valence-corrected chi connectivity index (χ0v) is 22.2. The van der Waals surface area contributed by atoms with Gasteiger partial charge in [0.15, 0.2) is 5.82 Å². The number of hydrogen-bond acceptors (Lipinski definition) is 6. The molecule has 9 nitrogen and oxygen atoms in total. The maximum Gasteiger partial charge on any atom is 0.258 e. The van der Waals surface area contributed by atoms with Gasteiger partial charge in [-0.2, -0.15) is 0 Å². The van der Waals surface area contributed by atoms with Crippen molar-refractivity contribution in [1.29, 1.82) is 0 Å². The van der Waals surface area contributed by atoms with E-state index in [9.17, 15) is 14.4 Å². The predicted molar refractivity (Wildman–Crippen MR) is 148 cm³/mol. The van der Waals surface area contributed by atoms with Gasteiger partial charge in [0.05, 0.1) is 39.9 Å². The van der Waals surface area contributed by atoms with Crippen molar-refractivity contribution >= 4 is 52.4 Å². The van der Waals surface area contributed by atoms with E-state index in [4.69, 9.17) is 23.2 Å². The quantitative estimate of drug-likeness (QED) is 0.344. The highest BCUT2D eigenvalue weighted by atomic mass is 35.5. The summed E-state index contributed by atoms with van der Waals surface area (Å²) in [5.41, 5.74) is 2.90. The van der Waals surface area contributed by atoms with Gasteiger partial charge in [-0.05, 0) is 55.0 Å². The summed E-state index contributed by atoms with van der Waals surface area (Å²) in [6.45, 7) is 1.86. The Balaban J connectivity index is 1.44. The fraction of sp³-hybridized carbons (Fsp3) is 0.143. The summed E-state index contributed by atoms with van der Waals surface area (Å²) >= 11 is 12.6. The van der Waals surface area contributed by atoms with Crippen LogP contribution in [-0.2, 0) is 17.8 Å². The highest BCUT2D eigenvalue weighted by Gasteiger charge is 2.36. The van der Waals surface area contributed by atoms with Crippen LogP contribution in [0.3, 0.4) is 0 Å². The first kappa shape index (κ1) is 26.3. The molecule has 4 aromatic rings. The highest BCUT2D eigenvalue weighted by Crippen LogP contribution is 2.29. The molecule has 2 N–H and O–H groups in total. The van der Waals surface area contributed by atoms with E-state index in [-0.39, 0.29) is 35.4 Å². The average Bonchev–Trinajstić information content (AvgIpc) is 3.00. The molecule has 11 heteroatoms. The molecular weight excluding hydrogens is 539 g/mol. The van der Waals surface area contributed by atoms with Crippen molar-refractivity contribution in [1.82, 2.24) is 19.9 Å². The van der Waals surface area contributed by atoms with Crippen LogP contribution in [0.1, 0.15) is 37.7 Å². The molecular formula is C28H22Cl2N6O3. The molecule has 3 heterocycles. The van der Waals surface area contributed by atoms with Gasteiger partial charge in [-0.1, -0.05) is 35.3 Å². The van der Waals surface area contributed by atoms with Crippen molar-refractivity contribution in [2.75, 3.05) is 10.6 Å². The van der Waals surface area contributed by atoms with Gasteiger partial charge >= 0.3 is 0 Å². The lowest BCUT2D eigenvalue weighted by atomic mass is 10.0. The first-order valence-electron chi connectivity index (χ1n) is 12.0. The van der Waals surface area contributed by atoms with Crippen LogP contribution in [0.15, 0.2) is 73.2 Å². The van der Waals surface area contributed by atoms with Gasteiger partial charge in [0.25, 0.3) is 11.8 Å². The lowest BCUT2D eigenvalue weighted by Gasteiger charge is -2.29. The van der Waals surface area contributed by atoms with Crippen LogP contribution in [0.2, 0.25) is 10.0 Å². The Labute approximate surface area is 234 Å². The Kier molecular flexibility index (Phi) is 7.53.